The van der Waals surface area contributed by atoms with Gasteiger partial charge in [-0.25, -0.2) is 4.39 Å². The van der Waals surface area contributed by atoms with Crippen LogP contribution in [0, 0.1) is 5.82 Å². The minimum Gasteiger partial charge on any atom is -0.307 e. The third-order valence-electron chi connectivity index (χ3n) is 3.30. The van der Waals surface area contributed by atoms with Crippen LogP contribution in [0.1, 0.15) is 6.92 Å². The van der Waals surface area contributed by atoms with Crippen LogP contribution in [0.4, 0.5) is 10.1 Å². The monoisotopic (exact) mass is 265 g/mol. The SMILES string of the molecule is CC1CNC(CN(C)C)C(=O)N1c1ccccc1F. The number of halogens is 1. The van der Waals surface area contributed by atoms with Gasteiger partial charge < -0.3 is 15.1 Å². The molecule has 2 unspecified atom stereocenters. The highest BCUT2D eigenvalue weighted by atomic mass is 19.1. The third-order valence-corrected chi connectivity index (χ3v) is 3.30. The minimum atomic E-state index is -0.354. The van der Waals surface area contributed by atoms with Gasteiger partial charge in [-0.05, 0) is 33.2 Å². The Bertz CT molecular complexity index is 464. The fourth-order valence-corrected chi connectivity index (χ4v) is 2.39. The Morgan fingerprint density at radius 2 is 2.11 bits per heavy atom. The average molecular weight is 265 g/mol. The van der Waals surface area contributed by atoms with Crippen LogP contribution in [0.15, 0.2) is 24.3 Å². The second kappa shape index (κ2) is 5.67. The summed E-state index contributed by atoms with van der Waals surface area (Å²) in [5.74, 6) is -0.425. The first-order valence-electron chi connectivity index (χ1n) is 6.46. The maximum absolute atomic E-state index is 13.9. The predicted molar refractivity (Wildman–Crippen MR) is 73.7 cm³/mol. The van der Waals surface area contributed by atoms with Gasteiger partial charge in [0.1, 0.15) is 11.9 Å². The van der Waals surface area contributed by atoms with Crippen molar-refractivity contribution in [2.45, 2.75) is 19.0 Å². The number of nitrogens with one attached hydrogen (secondary N) is 1. The number of para-hydroxylation sites is 1. The van der Waals surface area contributed by atoms with Gasteiger partial charge in [-0.2, -0.15) is 0 Å². The summed E-state index contributed by atoms with van der Waals surface area (Å²) >= 11 is 0. The highest BCUT2D eigenvalue weighted by Crippen LogP contribution is 2.23. The Morgan fingerprint density at radius 1 is 1.42 bits per heavy atom. The van der Waals surface area contributed by atoms with Crippen molar-refractivity contribution in [3.8, 4) is 0 Å². The van der Waals surface area contributed by atoms with E-state index in [-0.39, 0.29) is 23.8 Å². The molecule has 1 amide bonds. The number of hydrogen-bond donors (Lipinski definition) is 1. The summed E-state index contributed by atoms with van der Waals surface area (Å²) in [6.45, 7) is 3.19. The number of carbonyl (C=O) groups is 1. The number of likely N-dealkylation sites (N-methyl/N-ethyl adjacent to an activating group) is 1. The summed E-state index contributed by atoms with van der Waals surface area (Å²) < 4.78 is 13.9. The van der Waals surface area contributed by atoms with Gasteiger partial charge >= 0.3 is 0 Å². The molecular weight excluding hydrogens is 245 g/mol. The Kier molecular flexibility index (Phi) is 4.17. The molecule has 1 fully saturated rings. The first kappa shape index (κ1) is 14.0. The predicted octanol–water partition coefficient (Wildman–Crippen LogP) is 1.08. The van der Waals surface area contributed by atoms with E-state index in [1.54, 1.807) is 23.1 Å². The van der Waals surface area contributed by atoms with Crippen molar-refractivity contribution in [2.75, 3.05) is 32.1 Å². The number of nitrogens with zero attached hydrogens (tertiary/aromatic N) is 2. The van der Waals surface area contributed by atoms with Crippen molar-refractivity contribution in [3.05, 3.63) is 30.1 Å². The van der Waals surface area contributed by atoms with Crippen LogP contribution in [0.5, 0.6) is 0 Å². The molecule has 2 atom stereocenters. The largest absolute Gasteiger partial charge is 0.307 e. The molecule has 1 heterocycles. The number of hydrogen-bond acceptors (Lipinski definition) is 3. The summed E-state index contributed by atoms with van der Waals surface area (Å²) in [7, 11) is 3.83. The number of benzene rings is 1. The molecule has 0 aliphatic carbocycles. The zero-order valence-corrected chi connectivity index (χ0v) is 11.6. The van der Waals surface area contributed by atoms with Crippen molar-refractivity contribution in [2.24, 2.45) is 0 Å². The van der Waals surface area contributed by atoms with Gasteiger partial charge in [-0.1, -0.05) is 12.1 Å². The minimum absolute atomic E-state index is 0.0530. The van der Waals surface area contributed by atoms with E-state index in [0.29, 0.717) is 18.8 Å². The van der Waals surface area contributed by atoms with Crippen LogP contribution in [0.25, 0.3) is 0 Å². The molecule has 5 heteroatoms. The lowest BCUT2D eigenvalue weighted by Crippen LogP contribution is -2.62. The quantitative estimate of drug-likeness (QED) is 0.888. The van der Waals surface area contributed by atoms with E-state index in [1.165, 1.54) is 6.07 Å². The molecule has 19 heavy (non-hydrogen) atoms. The Labute approximate surface area is 113 Å². The molecule has 1 N–H and O–H groups in total. The summed E-state index contributed by atoms with van der Waals surface area (Å²) in [5, 5.41) is 3.21. The smallest absolute Gasteiger partial charge is 0.245 e. The van der Waals surface area contributed by atoms with Crippen molar-refractivity contribution in [1.29, 1.82) is 0 Å². The number of piperazine rings is 1. The van der Waals surface area contributed by atoms with Crippen LogP contribution in [0.2, 0.25) is 0 Å². The van der Waals surface area contributed by atoms with E-state index in [9.17, 15) is 9.18 Å². The fourth-order valence-electron chi connectivity index (χ4n) is 2.39. The van der Waals surface area contributed by atoms with Crippen molar-refractivity contribution in [1.82, 2.24) is 10.2 Å². The van der Waals surface area contributed by atoms with E-state index >= 15 is 0 Å². The standard InChI is InChI=1S/C14H20FN3O/c1-10-8-16-12(9-17(2)3)14(19)18(10)13-7-5-4-6-11(13)15/h4-7,10,12,16H,8-9H2,1-3H3. The van der Waals surface area contributed by atoms with E-state index in [4.69, 9.17) is 0 Å². The molecule has 1 aliphatic heterocycles. The van der Waals surface area contributed by atoms with E-state index < -0.39 is 0 Å². The van der Waals surface area contributed by atoms with E-state index in [2.05, 4.69) is 5.32 Å². The lowest BCUT2D eigenvalue weighted by molar-refractivity contribution is -0.122. The molecule has 2 rings (SSSR count). The summed E-state index contributed by atoms with van der Waals surface area (Å²) in [6.07, 6.45) is 0. The summed E-state index contributed by atoms with van der Waals surface area (Å²) in [5.41, 5.74) is 0.366. The molecule has 0 saturated carbocycles. The molecule has 0 spiro atoms. The average Bonchev–Trinajstić information content (AvgIpc) is 2.35. The number of amides is 1. The zero-order chi connectivity index (χ0) is 14.0. The Morgan fingerprint density at radius 3 is 2.74 bits per heavy atom. The Balaban J connectivity index is 2.27. The highest BCUT2D eigenvalue weighted by Gasteiger charge is 2.34. The topological polar surface area (TPSA) is 35.6 Å². The maximum atomic E-state index is 13.9. The first-order valence-corrected chi connectivity index (χ1v) is 6.46. The lowest BCUT2D eigenvalue weighted by Gasteiger charge is -2.39. The van der Waals surface area contributed by atoms with Gasteiger partial charge in [-0.15, -0.1) is 0 Å². The van der Waals surface area contributed by atoms with Gasteiger partial charge in [0, 0.05) is 19.1 Å². The summed E-state index contributed by atoms with van der Waals surface area (Å²) in [6, 6.07) is 6.09. The second-order valence-corrected chi connectivity index (χ2v) is 5.23. The normalized spacial score (nSPS) is 24.1. The van der Waals surface area contributed by atoms with Crippen LogP contribution in [-0.4, -0.2) is 50.1 Å². The second-order valence-electron chi connectivity index (χ2n) is 5.23. The number of rotatable bonds is 3. The van der Waals surface area contributed by atoms with Crippen molar-refractivity contribution < 1.29 is 9.18 Å². The summed E-state index contributed by atoms with van der Waals surface area (Å²) in [4.78, 5) is 16.0. The molecule has 1 aliphatic rings. The van der Waals surface area contributed by atoms with Gasteiger partial charge in [-0.3, -0.25) is 4.79 Å². The lowest BCUT2D eigenvalue weighted by atomic mass is 10.1. The van der Waals surface area contributed by atoms with E-state index in [1.807, 2.05) is 25.9 Å². The molecule has 4 nitrogen and oxygen atoms in total. The zero-order valence-electron chi connectivity index (χ0n) is 11.6. The molecule has 104 valence electrons. The van der Waals surface area contributed by atoms with E-state index in [0.717, 1.165) is 0 Å². The van der Waals surface area contributed by atoms with Crippen molar-refractivity contribution >= 4 is 11.6 Å². The number of anilines is 1. The van der Waals surface area contributed by atoms with Crippen LogP contribution < -0.4 is 10.2 Å². The fraction of sp³-hybridized carbons (Fsp3) is 0.500. The van der Waals surface area contributed by atoms with Crippen LogP contribution in [0.3, 0.4) is 0 Å². The molecule has 1 aromatic rings. The van der Waals surface area contributed by atoms with Gasteiger partial charge in [0.15, 0.2) is 0 Å². The first-order chi connectivity index (χ1) is 9.00. The molecule has 0 aromatic heterocycles. The van der Waals surface area contributed by atoms with Gasteiger partial charge in [0.2, 0.25) is 5.91 Å². The number of carbonyl (C=O) groups excluding carboxylic acids is 1. The molecule has 1 saturated heterocycles. The Hall–Kier alpha value is -1.46. The molecule has 0 radical (unpaired) electrons. The third kappa shape index (κ3) is 2.93. The van der Waals surface area contributed by atoms with Crippen molar-refractivity contribution in [3.63, 3.8) is 0 Å². The van der Waals surface area contributed by atoms with Gasteiger partial charge in [0.05, 0.1) is 5.69 Å². The van der Waals surface area contributed by atoms with Gasteiger partial charge in [0.25, 0.3) is 0 Å². The molecule has 1 aromatic carbocycles. The molecule has 0 bridgehead atoms. The maximum Gasteiger partial charge on any atom is 0.245 e. The highest BCUT2D eigenvalue weighted by molar-refractivity contribution is 5.98. The molecular formula is C14H20FN3O. The van der Waals surface area contributed by atoms with Crippen LogP contribution >= 0.6 is 0 Å². The van der Waals surface area contributed by atoms with Crippen LogP contribution in [-0.2, 0) is 4.79 Å².